The Kier molecular flexibility index (Phi) is 2.83. The molecule has 2 saturated heterocycles. The average molecular weight is 184 g/mol. The Labute approximate surface area is 79.8 Å². The highest BCUT2D eigenvalue weighted by Gasteiger charge is 2.34. The normalized spacial score (nSPS) is 42.5. The lowest BCUT2D eigenvalue weighted by atomic mass is 9.86. The third-order valence-corrected chi connectivity index (χ3v) is 3.36. The van der Waals surface area contributed by atoms with Crippen LogP contribution in [0, 0.1) is 5.92 Å². The number of piperidine rings is 1. The van der Waals surface area contributed by atoms with Gasteiger partial charge >= 0.3 is 0 Å². The lowest BCUT2D eigenvalue weighted by Crippen LogP contribution is -2.53. The molecule has 3 unspecified atom stereocenters. The van der Waals surface area contributed by atoms with Crippen molar-refractivity contribution in [3.8, 4) is 0 Å². The van der Waals surface area contributed by atoms with Gasteiger partial charge in [0.15, 0.2) is 0 Å². The van der Waals surface area contributed by atoms with Crippen LogP contribution in [-0.2, 0) is 0 Å². The minimum absolute atomic E-state index is 0.334. The molecule has 0 spiro atoms. The molecule has 0 aromatic carbocycles. The van der Waals surface area contributed by atoms with E-state index in [1.807, 2.05) is 0 Å². The highest BCUT2D eigenvalue weighted by molar-refractivity contribution is 4.92. The smallest absolute Gasteiger partial charge is 0.0481 e. The van der Waals surface area contributed by atoms with Crippen molar-refractivity contribution in [2.24, 2.45) is 11.7 Å². The maximum Gasteiger partial charge on any atom is 0.0481 e. The lowest BCUT2D eigenvalue weighted by molar-refractivity contribution is 0.179. The maximum absolute atomic E-state index is 6.10. The first kappa shape index (κ1) is 9.40. The molecule has 2 aliphatic heterocycles. The Bertz CT molecular complexity index is 173. The van der Waals surface area contributed by atoms with E-state index in [4.69, 9.17) is 5.73 Å². The molecule has 2 heterocycles. The van der Waals surface area contributed by atoms with E-state index in [2.05, 4.69) is 22.6 Å². The Morgan fingerprint density at radius 3 is 2.77 bits per heavy atom. The van der Waals surface area contributed by atoms with Crippen molar-refractivity contribution in [2.45, 2.75) is 18.5 Å². The molecule has 2 rings (SSSR count). The number of likely N-dealkylation sites (N-methyl/N-ethyl adjacent to an activating group) is 1. The van der Waals surface area contributed by atoms with Crippen LogP contribution in [0.4, 0.5) is 0 Å². The molecule has 0 saturated carbocycles. The van der Waals surface area contributed by atoms with Crippen LogP contribution in [0.25, 0.3) is 0 Å². The van der Waals surface area contributed by atoms with Gasteiger partial charge in [-0.15, -0.1) is 0 Å². The van der Waals surface area contributed by atoms with Gasteiger partial charge in [0.05, 0.1) is 0 Å². The average Bonchev–Trinajstić information content (AvgIpc) is 2.52. The third-order valence-electron chi connectivity index (χ3n) is 3.36. The molecular weight excluding hydrogens is 164 g/mol. The van der Waals surface area contributed by atoms with E-state index in [1.165, 1.54) is 6.42 Å². The van der Waals surface area contributed by atoms with E-state index in [-0.39, 0.29) is 0 Å². The zero-order valence-corrected chi connectivity index (χ0v) is 8.29. The van der Waals surface area contributed by atoms with E-state index in [1.54, 1.807) is 0 Å². The minimum Gasteiger partial charge on any atom is -0.326 e. The van der Waals surface area contributed by atoms with Crippen molar-refractivity contribution in [1.29, 1.82) is 0 Å². The molecule has 0 aromatic heterocycles. The van der Waals surface area contributed by atoms with Gasteiger partial charge in [-0.1, -0.05) is 0 Å². The fraction of sp³-hybridized carbons (Fsp3) is 1.00. The Balaban J connectivity index is 1.97. The highest BCUT2D eigenvalue weighted by Crippen LogP contribution is 2.21. The molecule has 76 valence electrons. The number of rotatable bonds is 1. The van der Waals surface area contributed by atoms with Gasteiger partial charge in [0, 0.05) is 31.8 Å². The van der Waals surface area contributed by atoms with E-state index >= 15 is 0 Å². The Morgan fingerprint density at radius 1 is 1.31 bits per heavy atom. The minimum atomic E-state index is 0.334. The van der Waals surface area contributed by atoms with Crippen molar-refractivity contribution in [3.63, 3.8) is 0 Å². The van der Waals surface area contributed by atoms with Crippen LogP contribution >= 0.6 is 0 Å². The summed E-state index contributed by atoms with van der Waals surface area (Å²) in [5.74, 6) is 0.668. The van der Waals surface area contributed by atoms with E-state index < -0.39 is 0 Å². The molecule has 4 nitrogen and oxygen atoms in total. The molecule has 0 aliphatic carbocycles. The van der Waals surface area contributed by atoms with Crippen LogP contribution in [0.2, 0.25) is 0 Å². The summed E-state index contributed by atoms with van der Waals surface area (Å²) in [6.07, 6.45) is 1.22. The molecule has 4 heteroatoms. The number of nitrogens with zero attached hydrogens (tertiary/aromatic N) is 1. The first-order valence-corrected chi connectivity index (χ1v) is 5.16. The molecule has 0 radical (unpaired) electrons. The van der Waals surface area contributed by atoms with Gasteiger partial charge in [0.25, 0.3) is 0 Å². The van der Waals surface area contributed by atoms with Gasteiger partial charge in [-0.2, -0.15) is 0 Å². The molecule has 0 amide bonds. The zero-order valence-electron chi connectivity index (χ0n) is 8.29. The van der Waals surface area contributed by atoms with Gasteiger partial charge in [-0.05, 0) is 25.9 Å². The summed E-state index contributed by atoms with van der Waals surface area (Å²) in [6, 6.07) is 0.984. The summed E-state index contributed by atoms with van der Waals surface area (Å²) in [4.78, 5) is 2.38. The van der Waals surface area contributed by atoms with Crippen molar-refractivity contribution < 1.29 is 0 Å². The molecule has 4 N–H and O–H groups in total. The summed E-state index contributed by atoms with van der Waals surface area (Å²) >= 11 is 0. The lowest BCUT2D eigenvalue weighted by Gasteiger charge is -2.36. The molecule has 3 atom stereocenters. The highest BCUT2D eigenvalue weighted by atomic mass is 15.3. The molecule has 0 bridgehead atoms. The van der Waals surface area contributed by atoms with Crippen LogP contribution < -0.4 is 16.4 Å². The monoisotopic (exact) mass is 184 g/mol. The number of nitrogens with two attached hydrogens (primary N) is 1. The van der Waals surface area contributed by atoms with Crippen LogP contribution in [-0.4, -0.2) is 50.3 Å². The van der Waals surface area contributed by atoms with Gasteiger partial charge in [0.1, 0.15) is 0 Å². The summed E-state index contributed by atoms with van der Waals surface area (Å²) < 4.78 is 0. The standard InChI is InChI=1S/C9H20N4/c1-13-6-12-5-9(13)7-2-3-11-4-8(7)10/h7-9,11-12H,2-6,10H2,1H3. The van der Waals surface area contributed by atoms with Crippen LogP contribution in [0.5, 0.6) is 0 Å². The molecule has 0 aromatic rings. The predicted octanol–water partition coefficient (Wildman–Crippen LogP) is -1.22. The van der Waals surface area contributed by atoms with Crippen molar-refractivity contribution >= 4 is 0 Å². The van der Waals surface area contributed by atoms with E-state index in [0.29, 0.717) is 18.0 Å². The second-order valence-corrected chi connectivity index (χ2v) is 4.26. The van der Waals surface area contributed by atoms with Gasteiger partial charge < -0.3 is 16.4 Å². The van der Waals surface area contributed by atoms with Crippen molar-refractivity contribution in [1.82, 2.24) is 15.5 Å². The van der Waals surface area contributed by atoms with Crippen LogP contribution in [0.3, 0.4) is 0 Å². The summed E-state index contributed by atoms with van der Waals surface area (Å²) in [6.45, 7) is 4.23. The zero-order chi connectivity index (χ0) is 9.26. The number of hydrogen-bond donors (Lipinski definition) is 3. The topological polar surface area (TPSA) is 53.3 Å². The molecule has 2 fully saturated rings. The molecule has 2 aliphatic rings. The fourth-order valence-corrected chi connectivity index (χ4v) is 2.52. The van der Waals surface area contributed by atoms with Gasteiger partial charge in [-0.25, -0.2) is 0 Å². The summed E-state index contributed by atoms with van der Waals surface area (Å²) in [5.41, 5.74) is 6.10. The number of nitrogens with one attached hydrogen (secondary N) is 2. The quantitative estimate of drug-likeness (QED) is 0.478. The third kappa shape index (κ3) is 1.86. The van der Waals surface area contributed by atoms with Gasteiger partial charge in [0.2, 0.25) is 0 Å². The molecule has 13 heavy (non-hydrogen) atoms. The fourth-order valence-electron chi connectivity index (χ4n) is 2.52. The van der Waals surface area contributed by atoms with Crippen molar-refractivity contribution in [2.75, 3.05) is 33.4 Å². The largest absolute Gasteiger partial charge is 0.326 e. The second kappa shape index (κ2) is 3.92. The first-order chi connectivity index (χ1) is 6.29. The molecular formula is C9H20N4. The Hall–Kier alpha value is -0.160. The van der Waals surface area contributed by atoms with Gasteiger partial charge in [-0.3, -0.25) is 4.90 Å². The van der Waals surface area contributed by atoms with E-state index in [0.717, 1.165) is 26.3 Å². The maximum atomic E-state index is 6.10. The second-order valence-electron chi connectivity index (χ2n) is 4.26. The first-order valence-electron chi connectivity index (χ1n) is 5.16. The Morgan fingerprint density at radius 2 is 2.15 bits per heavy atom. The summed E-state index contributed by atoms with van der Waals surface area (Å²) in [7, 11) is 2.18. The van der Waals surface area contributed by atoms with E-state index in [9.17, 15) is 0 Å². The van der Waals surface area contributed by atoms with Crippen LogP contribution in [0.1, 0.15) is 6.42 Å². The predicted molar refractivity (Wildman–Crippen MR) is 53.4 cm³/mol. The van der Waals surface area contributed by atoms with Crippen molar-refractivity contribution in [3.05, 3.63) is 0 Å². The summed E-state index contributed by atoms with van der Waals surface area (Å²) in [5, 5.41) is 6.73. The number of hydrogen-bond acceptors (Lipinski definition) is 4. The SMILES string of the molecule is CN1CNCC1C1CCNCC1N. The van der Waals surface area contributed by atoms with Crippen LogP contribution in [0.15, 0.2) is 0 Å².